The molecule has 2 aromatic rings. The molecule has 5 heteroatoms. The summed E-state index contributed by atoms with van der Waals surface area (Å²) < 4.78 is 1.92. The Bertz CT molecular complexity index is 592. The van der Waals surface area contributed by atoms with Gasteiger partial charge in [0.05, 0.1) is 5.56 Å². The topological polar surface area (TPSA) is 70.7 Å². The molecular formula is C13H12N4O. The van der Waals surface area contributed by atoms with Gasteiger partial charge < -0.3 is 9.88 Å². The zero-order valence-electron chi connectivity index (χ0n) is 9.92. The number of nitrogens with one attached hydrogen (secondary N) is 1. The van der Waals surface area contributed by atoms with Crippen molar-refractivity contribution in [2.75, 3.05) is 0 Å². The van der Waals surface area contributed by atoms with Crippen LogP contribution in [0.2, 0.25) is 0 Å². The largest absolute Gasteiger partial charge is 0.357 e. The number of nitriles is 1. The number of carbonyl (C=O) groups excluding carboxylic acids is 1. The normalized spacial score (nSPS) is 9.78. The molecule has 90 valence electrons. The van der Waals surface area contributed by atoms with Gasteiger partial charge in [0.15, 0.2) is 0 Å². The van der Waals surface area contributed by atoms with E-state index >= 15 is 0 Å². The van der Waals surface area contributed by atoms with Gasteiger partial charge in [0, 0.05) is 32.2 Å². The Labute approximate surface area is 105 Å². The molecule has 0 aliphatic carbocycles. The molecule has 0 aliphatic rings. The Morgan fingerprint density at radius 2 is 2.33 bits per heavy atom. The van der Waals surface area contributed by atoms with Crippen molar-refractivity contribution in [3.63, 3.8) is 0 Å². The van der Waals surface area contributed by atoms with Crippen LogP contribution in [0.1, 0.15) is 21.6 Å². The first-order chi connectivity index (χ1) is 8.69. The van der Waals surface area contributed by atoms with E-state index in [1.807, 2.05) is 36.1 Å². The van der Waals surface area contributed by atoms with Gasteiger partial charge in [-0.25, -0.2) is 4.98 Å². The number of carbonyl (C=O) groups is 1. The van der Waals surface area contributed by atoms with E-state index in [-0.39, 0.29) is 5.91 Å². The predicted molar refractivity (Wildman–Crippen MR) is 65.5 cm³/mol. The van der Waals surface area contributed by atoms with Crippen LogP contribution in [0.5, 0.6) is 0 Å². The number of pyridine rings is 1. The minimum atomic E-state index is -0.247. The molecule has 0 aliphatic heterocycles. The Morgan fingerprint density at radius 1 is 1.50 bits per heavy atom. The summed E-state index contributed by atoms with van der Waals surface area (Å²) in [7, 11) is 1.92. The molecule has 0 radical (unpaired) electrons. The minimum absolute atomic E-state index is 0.247. The average molecular weight is 240 g/mol. The Balaban J connectivity index is 1.97. The van der Waals surface area contributed by atoms with E-state index in [1.54, 1.807) is 12.1 Å². The van der Waals surface area contributed by atoms with Crippen LogP contribution in [0, 0.1) is 11.3 Å². The number of amides is 1. The second-order valence-electron chi connectivity index (χ2n) is 3.91. The van der Waals surface area contributed by atoms with Crippen molar-refractivity contribution in [3.05, 3.63) is 53.6 Å². The molecular weight excluding hydrogens is 228 g/mol. The van der Waals surface area contributed by atoms with E-state index in [9.17, 15) is 4.79 Å². The van der Waals surface area contributed by atoms with Crippen LogP contribution in [0.25, 0.3) is 0 Å². The van der Waals surface area contributed by atoms with Crippen LogP contribution in [0.15, 0.2) is 36.8 Å². The number of hydrogen-bond donors (Lipinski definition) is 1. The number of rotatable bonds is 3. The lowest BCUT2D eigenvalue weighted by Crippen LogP contribution is -2.23. The van der Waals surface area contributed by atoms with Crippen LogP contribution in [0.3, 0.4) is 0 Å². The van der Waals surface area contributed by atoms with E-state index in [0.717, 1.165) is 5.56 Å². The molecule has 0 fully saturated rings. The third kappa shape index (κ3) is 2.74. The van der Waals surface area contributed by atoms with Gasteiger partial charge in [-0.2, -0.15) is 5.26 Å². The van der Waals surface area contributed by atoms with E-state index in [0.29, 0.717) is 17.8 Å². The molecule has 2 heterocycles. The molecule has 5 nitrogen and oxygen atoms in total. The van der Waals surface area contributed by atoms with Crippen molar-refractivity contribution in [1.82, 2.24) is 14.9 Å². The molecule has 1 N–H and O–H groups in total. The molecule has 0 aromatic carbocycles. The van der Waals surface area contributed by atoms with Gasteiger partial charge in [0.1, 0.15) is 11.8 Å². The zero-order valence-corrected chi connectivity index (χ0v) is 9.92. The van der Waals surface area contributed by atoms with Crippen molar-refractivity contribution in [2.45, 2.75) is 6.54 Å². The summed E-state index contributed by atoms with van der Waals surface area (Å²) in [4.78, 5) is 15.7. The first-order valence-electron chi connectivity index (χ1n) is 5.44. The molecule has 0 bridgehead atoms. The molecule has 0 unspecified atom stereocenters. The third-order valence-electron chi connectivity index (χ3n) is 2.47. The molecule has 0 saturated carbocycles. The predicted octanol–water partition coefficient (Wildman–Crippen LogP) is 1.22. The molecule has 0 saturated heterocycles. The van der Waals surface area contributed by atoms with Gasteiger partial charge >= 0.3 is 0 Å². The van der Waals surface area contributed by atoms with E-state index in [1.165, 1.54) is 6.20 Å². The lowest BCUT2D eigenvalue weighted by molar-refractivity contribution is 0.0946. The summed E-state index contributed by atoms with van der Waals surface area (Å²) in [5, 5.41) is 11.4. The summed E-state index contributed by atoms with van der Waals surface area (Å²) in [6, 6.07) is 7.01. The highest BCUT2D eigenvalue weighted by molar-refractivity contribution is 5.92. The van der Waals surface area contributed by atoms with Gasteiger partial charge in [0.25, 0.3) is 5.91 Å². The van der Waals surface area contributed by atoms with Crippen LogP contribution >= 0.6 is 0 Å². The van der Waals surface area contributed by atoms with Crippen LogP contribution in [0.4, 0.5) is 0 Å². The second kappa shape index (κ2) is 5.15. The van der Waals surface area contributed by atoms with Crippen LogP contribution in [-0.2, 0) is 13.6 Å². The maximum atomic E-state index is 11.8. The van der Waals surface area contributed by atoms with Gasteiger partial charge in [-0.3, -0.25) is 4.79 Å². The lowest BCUT2D eigenvalue weighted by atomic mass is 10.2. The summed E-state index contributed by atoms with van der Waals surface area (Å²) in [6.07, 6.45) is 5.24. The Morgan fingerprint density at radius 3 is 2.89 bits per heavy atom. The number of nitrogens with zero attached hydrogens (tertiary/aromatic N) is 3. The molecule has 2 aromatic heterocycles. The third-order valence-corrected chi connectivity index (χ3v) is 2.47. The van der Waals surface area contributed by atoms with Gasteiger partial charge in [-0.15, -0.1) is 0 Å². The molecule has 1 amide bonds. The van der Waals surface area contributed by atoms with E-state index in [4.69, 9.17) is 5.26 Å². The van der Waals surface area contributed by atoms with Crippen molar-refractivity contribution in [2.24, 2.45) is 7.05 Å². The summed E-state index contributed by atoms with van der Waals surface area (Å²) in [5.74, 6) is -0.247. The maximum absolute atomic E-state index is 11.8. The fourth-order valence-electron chi connectivity index (χ4n) is 1.53. The molecule has 2 rings (SSSR count). The highest BCUT2D eigenvalue weighted by Gasteiger charge is 2.06. The van der Waals surface area contributed by atoms with Crippen molar-refractivity contribution in [3.8, 4) is 6.07 Å². The Hall–Kier alpha value is -2.61. The van der Waals surface area contributed by atoms with Crippen molar-refractivity contribution < 1.29 is 4.79 Å². The van der Waals surface area contributed by atoms with Crippen molar-refractivity contribution >= 4 is 5.91 Å². The highest BCUT2D eigenvalue weighted by Crippen LogP contribution is 2.01. The molecule has 18 heavy (non-hydrogen) atoms. The average Bonchev–Trinajstić information content (AvgIpc) is 2.82. The standard InChI is InChI=1S/C13H12N4O/c1-17-5-4-11(9-17)8-16-13(18)12-3-2-10(6-14)7-15-12/h2-5,7,9H,8H2,1H3,(H,16,18). The monoisotopic (exact) mass is 240 g/mol. The van der Waals surface area contributed by atoms with Gasteiger partial charge in [0.2, 0.25) is 0 Å². The fraction of sp³-hybridized carbons (Fsp3) is 0.154. The Kier molecular flexibility index (Phi) is 3.39. The van der Waals surface area contributed by atoms with Crippen LogP contribution < -0.4 is 5.32 Å². The zero-order chi connectivity index (χ0) is 13.0. The fourth-order valence-corrected chi connectivity index (χ4v) is 1.53. The SMILES string of the molecule is Cn1ccc(CNC(=O)c2ccc(C#N)cn2)c1. The molecule has 0 atom stereocenters. The maximum Gasteiger partial charge on any atom is 0.270 e. The van der Waals surface area contributed by atoms with Gasteiger partial charge in [-0.05, 0) is 23.8 Å². The number of hydrogen-bond acceptors (Lipinski definition) is 3. The second-order valence-corrected chi connectivity index (χ2v) is 3.91. The minimum Gasteiger partial charge on any atom is -0.357 e. The van der Waals surface area contributed by atoms with Crippen molar-refractivity contribution in [1.29, 1.82) is 5.26 Å². The molecule has 0 spiro atoms. The van der Waals surface area contributed by atoms with E-state index in [2.05, 4.69) is 10.3 Å². The first kappa shape index (κ1) is 11.9. The number of aryl methyl sites for hydroxylation is 1. The van der Waals surface area contributed by atoms with Crippen LogP contribution in [-0.4, -0.2) is 15.5 Å². The smallest absolute Gasteiger partial charge is 0.270 e. The highest BCUT2D eigenvalue weighted by atomic mass is 16.1. The summed E-state index contributed by atoms with van der Waals surface area (Å²) in [6.45, 7) is 0.460. The summed E-state index contributed by atoms with van der Waals surface area (Å²) >= 11 is 0. The number of aromatic nitrogens is 2. The summed E-state index contributed by atoms with van der Waals surface area (Å²) in [5.41, 5.74) is 1.78. The van der Waals surface area contributed by atoms with E-state index < -0.39 is 0 Å². The van der Waals surface area contributed by atoms with Gasteiger partial charge in [-0.1, -0.05) is 0 Å². The lowest BCUT2D eigenvalue weighted by Gasteiger charge is -2.02. The first-order valence-corrected chi connectivity index (χ1v) is 5.44. The quantitative estimate of drug-likeness (QED) is 0.876.